The van der Waals surface area contributed by atoms with Gasteiger partial charge in [0.05, 0.1) is 22.8 Å². The maximum absolute atomic E-state index is 5.37. The van der Waals surface area contributed by atoms with Crippen LogP contribution in [-0.4, -0.2) is 19.9 Å². The maximum atomic E-state index is 5.37. The number of hydrogen-bond donors (Lipinski definition) is 0. The van der Waals surface area contributed by atoms with Gasteiger partial charge < -0.3 is 0 Å². The molecule has 4 nitrogen and oxygen atoms in total. The molecular formula is C72H46N4. The van der Waals surface area contributed by atoms with E-state index in [0.717, 1.165) is 88.8 Å². The predicted molar refractivity (Wildman–Crippen MR) is 317 cm³/mol. The van der Waals surface area contributed by atoms with Crippen LogP contribution >= 0.6 is 0 Å². The van der Waals surface area contributed by atoms with Crippen molar-refractivity contribution in [1.82, 2.24) is 19.9 Å². The standard InChI is InChI=1S/C72H46N4/c1-5-21-51(22-6-1)67-55-29-13-17-33-59(55)69(60-34-18-14-30-56(60)67)65-45-63(73-71(75-65)53-25-9-3-10-26-53)49-41-37-47(38-42-49)48-39-43-50(44-40-48)64-46-66(76-72(74-64)54-27-11-4-12-28-54)70-61-35-19-15-31-57(61)68(52-23-7-2-8-24-52)58-32-16-20-36-62(58)70/h1-46H. The van der Waals surface area contributed by atoms with E-state index in [1.807, 2.05) is 36.4 Å². The minimum atomic E-state index is 0.682. The van der Waals surface area contributed by atoms with Crippen molar-refractivity contribution in [2.24, 2.45) is 0 Å². The molecule has 2 aromatic heterocycles. The number of aromatic nitrogens is 4. The van der Waals surface area contributed by atoms with E-state index in [1.165, 1.54) is 43.8 Å². The molecule has 0 radical (unpaired) electrons. The number of benzene rings is 12. The lowest BCUT2D eigenvalue weighted by Gasteiger charge is -2.18. The molecule has 76 heavy (non-hydrogen) atoms. The van der Waals surface area contributed by atoms with Crippen LogP contribution in [0.15, 0.2) is 279 Å². The van der Waals surface area contributed by atoms with E-state index in [0.29, 0.717) is 11.6 Å². The normalized spacial score (nSPS) is 11.4. The molecule has 0 saturated heterocycles. The lowest BCUT2D eigenvalue weighted by molar-refractivity contribution is 1.19. The molecule has 0 fully saturated rings. The Morgan fingerprint density at radius 1 is 0.158 bits per heavy atom. The van der Waals surface area contributed by atoms with E-state index >= 15 is 0 Å². The SMILES string of the molecule is c1ccc(-c2nc(-c3ccc(-c4ccc(-c5cc(-c6c7ccccc7c(-c7ccccc7)c7ccccc67)nc(-c6ccccc6)n5)cc4)cc3)cc(-c3c4ccccc4c(-c4ccccc4)c4ccccc34)n2)cc1. The average Bonchev–Trinajstić information content (AvgIpc) is 3.51. The highest BCUT2D eigenvalue weighted by Gasteiger charge is 2.22. The second-order valence-corrected chi connectivity index (χ2v) is 19.2. The molecule has 0 atom stereocenters. The van der Waals surface area contributed by atoms with E-state index in [2.05, 4.69) is 243 Å². The highest BCUT2D eigenvalue weighted by Crippen LogP contribution is 2.46. The lowest BCUT2D eigenvalue weighted by atomic mass is 9.87. The van der Waals surface area contributed by atoms with Gasteiger partial charge in [-0.15, -0.1) is 0 Å². The Labute approximate surface area is 441 Å². The fourth-order valence-electron chi connectivity index (χ4n) is 11.2. The third kappa shape index (κ3) is 7.97. The fourth-order valence-corrected chi connectivity index (χ4v) is 11.2. The van der Waals surface area contributed by atoms with Gasteiger partial charge in [0.15, 0.2) is 11.6 Å². The number of fused-ring (bicyclic) bond motifs is 4. The van der Waals surface area contributed by atoms with E-state index in [4.69, 9.17) is 19.9 Å². The third-order valence-corrected chi connectivity index (χ3v) is 14.7. The second-order valence-electron chi connectivity index (χ2n) is 19.2. The molecule has 2 heterocycles. The number of nitrogens with zero attached hydrogens (tertiary/aromatic N) is 4. The first kappa shape index (κ1) is 44.5. The van der Waals surface area contributed by atoms with E-state index < -0.39 is 0 Å². The van der Waals surface area contributed by atoms with Gasteiger partial charge in [-0.25, -0.2) is 19.9 Å². The van der Waals surface area contributed by atoms with Gasteiger partial charge in [-0.1, -0.05) is 267 Å². The van der Waals surface area contributed by atoms with Gasteiger partial charge in [0.1, 0.15) is 0 Å². The molecular weight excluding hydrogens is 921 g/mol. The van der Waals surface area contributed by atoms with Crippen molar-refractivity contribution in [3.8, 4) is 101 Å². The number of rotatable bonds is 9. The van der Waals surface area contributed by atoms with Crippen LogP contribution in [0.3, 0.4) is 0 Å². The zero-order valence-corrected chi connectivity index (χ0v) is 41.3. The van der Waals surface area contributed by atoms with Crippen molar-refractivity contribution in [1.29, 1.82) is 0 Å². The Morgan fingerprint density at radius 2 is 0.382 bits per heavy atom. The van der Waals surface area contributed by atoms with Crippen LogP contribution in [0.5, 0.6) is 0 Å². The van der Waals surface area contributed by atoms with Crippen LogP contribution in [0, 0.1) is 0 Å². The molecule has 14 aromatic rings. The Hall–Kier alpha value is -10.2. The highest BCUT2D eigenvalue weighted by molar-refractivity contribution is 6.22. The zero-order valence-electron chi connectivity index (χ0n) is 41.3. The Balaban J connectivity index is 0.857. The van der Waals surface area contributed by atoms with Crippen molar-refractivity contribution >= 4 is 43.1 Å². The van der Waals surface area contributed by atoms with Crippen LogP contribution in [0.2, 0.25) is 0 Å². The van der Waals surface area contributed by atoms with Crippen LogP contribution in [0.25, 0.3) is 144 Å². The van der Waals surface area contributed by atoms with Crippen molar-refractivity contribution in [2.75, 3.05) is 0 Å². The summed E-state index contributed by atoms with van der Waals surface area (Å²) in [5.41, 5.74) is 16.6. The van der Waals surface area contributed by atoms with E-state index in [-0.39, 0.29) is 0 Å². The number of hydrogen-bond acceptors (Lipinski definition) is 4. The van der Waals surface area contributed by atoms with Crippen LogP contribution in [0.1, 0.15) is 0 Å². The molecule has 0 N–H and O–H groups in total. The molecule has 0 spiro atoms. The van der Waals surface area contributed by atoms with Crippen molar-refractivity contribution in [3.05, 3.63) is 279 Å². The van der Waals surface area contributed by atoms with Crippen molar-refractivity contribution in [3.63, 3.8) is 0 Å². The molecule has 0 aliphatic carbocycles. The third-order valence-electron chi connectivity index (χ3n) is 14.7. The minimum Gasteiger partial charge on any atom is -0.228 e. The lowest BCUT2D eigenvalue weighted by Crippen LogP contribution is -1.98. The zero-order chi connectivity index (χ0) is 50.4. The Kier molecular flexibility index (Phi) is 11.2. The van der Waals surface area contributed by atoms with E-state index in [9.17, 15) is 0 Å². The summed E-state index contributed by atoms with van der Waals surface area (Å²) in [5, 5.41) is 9.35. The summed E-state index contributed by atoms with van der Waals surface area (Å²) in [6.07, 6.45) is 0. The summed E-state index contributed by atoms with van der Waals surface area (Å²) in [6.45, 7) is 0. The quantitative estimate of drug-likeness (QED) is 0.135. The first-order valence-corrected chi connectivity index (χ1v) is 25.8. The highest BCUT2D eigenvalue weighted by atomic mass is 14.9. The van der Waals surface area contributed by atoms with Gasteiger partial charge >= 0.3 is 0 Å². The van der Waals surface area contributed by atoms with Gasteiger partial charge in [0.2, 0.25) is 0 Å². The molecule has 14 rings (SSSR count). The molecule has 0 saturated carbocycles. The van der Waals surface area contributed by atoms with Gasteiger partial charge in [-0.2, -0.15) is 0 Å². The molecule has 0 aliphatic rings. The van der Waals surface area contributed by atoms with Gasteiger partial charge in [-0.3, -0.25) is 0 Å². The summed E-state index contributed by atoms with van der Waals surface area (Å²) >= 11 is 0. The summed E-state index contributed by atoms with van der Waals surface area (Å²) in [4.78, 5) is 21.3. The van der Waals surface area contributed by atoms with E-state index in [1.54, 1.807) is 0 Å². The molecule has 4 heteroatoms. The molecule has 12 aromatic carbocycles. The smallest absolute Gasteiger partial charge is 0.160 e. The van der Waals surface area contributed by atoms with Crippen molar-refractivity contribution in [2.45, 2.75) is 0 Å². The van der Waals surface area contributed by atoms with Crippen LogP contribution in [-0.2, 0) is 0 Å². The summed E-state index contributed by atoms with van der Waals surface area (Å²) < 4.78 is 0. The minimum absolute atomic E-state index is 0.682. The molecule has 0 amide bonds. The summed E-state index contributed by atoms with van der Waals surface area (Å²) in [5.74, 6) is 1.36. The summed E-state index contributed by atoms with van der Waals surface area (Å²) in [7, 11) is 0. The van der Waals surface area contributed by atoms with Gasteiger partial charge in [-0.05, 0) is 88.6 Å². The molecule has 354 valence electrons. The van der Waals surface area contributed by atoms with Crippen molar-refractivity contribution < 1.29 is 0 Å². The van der Waals surface area contributed by atoms with Gasteiger partial charge in [0, 0.05) is 33.4 Å². The maximum Gasteiger partial charge on any atom is 0.160 e. The fraction of sp³-hybridized carbons (Fsp3) is 0. The Morgan fingerprint density at radius 3 is 0.671 bits per heavy atom. The van der Waals surface area contributed by atoms with Crippen LogP contribution in [0.4, 0.5) is 0 Å². The molecule has 0 bridgehead atoms. The monoisotopic (exact) mass is 966 g/mol. The first-order valence-electron chi connectivity index (χ1n) is 25.8. The van der Waals surface area contributed by atoms with Gasteiger partial charge in [0.25, 0.3) is 0 Å². The average molecular weight is 967 g/mol. The topological polar surface area (TPSA) is 51.6 Å². The summed E-state index contributed by atoms with van der Waals surface area (Å²) in [6, 6.07) is 98.7. The first-order chi connectivity index (χ1) is 37.7. The molecule has 0 aliphatic heterocycles. The largest absolute Gasteiger partial charge is 0.228 e. The predicted octanol–water partition coefficient (Wildman–Crippen LogP) is 18.9. The molecule has 0 unspecified atom stereocenters. The van der Waals surface area contributed by atoms with Crippen LogP contribution < -0.4 is 0 Å². The second kappa shape index (κ2) is 19.0. The Bertz CT molecular complexity index is 4060.